The van der Waals surface area contributed by atoms with Crippen LogP contribution in [-0.4, -0.2) is 43.8 Å². The van der Waals surface area contributed by atoms with Gasteiger partial charge in [0.15, 0.2) is 0 Å². The lowest BCUT2D eigenvalue weighted by atomic mass is 9.82. The Labute approximate surface area is 109 Å². The van der Waals surface area contributed by atoms with Gasteiger partial charge < -0.3 is 14.4 Å². The third kappa shape index (κ3) is 2.14. The Morgan fingerprint density at radius 2 is 2.28 bits per heavy atom. The van der Waals surface area contributed by atoms with Crippen molar-refractivity contribution in [3.05, 3.63) is 11.8 Å². The van der Waals surface area contributed by atoms with Crippen LogP contribution in [0.2, 0.25) is 0 Å². The topological polar surface area (TPSA) is 38.8 Å². The largest absolute Gasteiger partial charge is 0.466 e. The Bertz CT molecular complexity index is 353. The fourth-order valence-electron chi connectivity index (χ4n) is 3.24. The summed E-state index contributed by atoms with van der Waals surface area (Å²) in [5, 5.41) is 0. The molecular formula is C14H23NO3. The van der Waals surface area contributed by atoms with Crippen LogP contribution in [-0.2, 0) is 14.3 Å². The van der Waals surface area contributed by atoms with Gasteiger partial charge in [-0.1, -0.05) is 6.08 Å². The van der Waals surface area contributed by atoms with Gasteiger partial charge in [-0.2, -0.15) is 0 Å². The number of fused-ring (bicyclic) bond motifs is 1. The molecular weight excluding hydrogens is 230 g/mol. The number of likely N-dealkylation sites (tertiary alicyclic amines) is 1. The lowest BCUT2D eigenvalue weighted by molar-refractivity contribution is -0.150. The van der Waals surface area contributed by atoms with E-state index in [1.807, 2.05) is 6.92 Å². The number of esters is 1. The minimum atomic E-state index is -0.0676. The maximum Gasteiger partial charge on any atom is 0.311 e. The SMILES string of the molecule is CCOC(=O)C1C2CC(OC)CC=C2N(C)C1C. The number of carbonyl (C=O) groups is 1. The lowest BCUT2D eigenvalue weighted by Gasteiger charge is -2.28. The molecule has 102 valence electrons. The Morgan fingerprint density at radius 3 is 2.89 bits per heavy atom. The van der Waals surface area contributed by atoms with Gasteiger partial charge in [-0.15, -0.1) is 0 Å². The molecule has 0 amide bonds. The molecule has 4 atom stereocenters. The van der Waals surface area contributed by atoms with Crippen molar-refractivity contribution in [1.29, 1.82) is 0 Å². The van der Waals surface area contributed by atoms with Crippen LogP contribution in [0, 0.1) is 11.8 Å². The number of rotatable bonds is 3. The third-order valence-electron chi connectivity index (χ3n) is 4.35. The highest BCUT2D eigenvalue weighted by atomic mass is 16.5. The van der Waals surface area contributed by atoms with Crippen molar-refractivity contribution in [2.75, 3.05) is 20.8 Å². The van der Waals surface area contributed by atoms with E-state index in [1.165, 1.54) is 5.70 Å². The summed E-state index contributed by atoms with van der Waals surface area (Å²) in [7, 11) is 3.81. The first-order valence-corrected chi connectivity index (χ1v) is 6.72. The number of hydrogen-bond acceptors (Lipinski definition) is 4. The smallest absolute Gasteiger partial charge is 0.311 e. The van der Waals surface area contributed by atoms with E-state index < -0.39 is 0 Å². The first-order valence-electron chi connectivity index (χ1n) is 6.72. The Kier molecular flexibility index (Phi) is 3.95. The molecule has 0 aromatic carbocycles. The first-order chi connectivity index (χ1) is 8.60. The minimum absolute atomic E-state index is 0.0563. The van der Waals surface area contributed by atoms with Crippen molar-refractivity contribution < 1.29 is 14.3 Å². The van der Waals surface area contributed by atoms with Crippen LogP contribution in [0.15, 0.2) is 11.8 Å². The normalized spacial score (nSPS) is 35.1. The Morgan fingerprint density at radius 1 is 1.56 bits per heavy atom. The molecule has 0 radical (unpaired) electrons. The highest BCUT2D eigenvalue weighted by molar-refractivity contribution is 5.75. The highest BCUT2D eigenvalue weighted by Gasteiger charge is 2.47. The molecule has 0 saturated carbocycles. The van der Waals surface area contributed by atoms with E-state index in [-0.39, 0.29) is 30.0 Å². The van der Waals surface area contributed by atoms with Gasteiger partial charge in [0, 0.05) is 31.8 Å². The van der Waals surface area contributed by atoms with Crippen LogP contribution in [0.5, 0.6) is 0 Å². The number of methoxy groups -OCH3 is 1. The molecule has 0 spiro atoms. The molecule has 1 heterocycles. The maximum absolute atomic E-state index is 12.1. The van der Waals surface area contributed by atoms with Crippen LogP contribution < -0.4 is 0 Å². The zero-order valence-corrected chi connectivity index (χ0v) is 11.7. The summed E-state index contributed by atoms with van der Waals surface area (Å²) in [4.78, 5) is 14.4. The molecule has 4 unspecified atom stereocenters. The van der Waals surface area contributed by atoms with E-state index in [0.717, 1.165) is 12.8 Å². The molecule has 4 nitrogen and oxygen atoms in total. The summed E-state index contributed by atoms with van der Waals surface area (Å²) < 4.78 is 10.7. The zero-order chi connectivity index (χ0) is 13.3. The van der Waals surface area contributed by atoms with Gasteiger partial charge in [-0.25, -0.2) is 0 Å². The maximum atomic E-state index is 12.1. The summed E-state index contributed by atoms with van der Waals surface area (Å²) in [6, 6.07) is 0.205. The lowest BCUT2D eigenvalue weighted by Crippen LogP contribution is -2.33. The fourth-order valence-corrected chi connectivity index (χ4v) is 3.24. The van der Waals surface area contributed by atoms with Gasteiger partial charge in [0.1, 0.15) is 0 Å². The van der Waals surface area contributed by atoms with Crippen LogP contribution in [0.1, 0.15) is 26.7 Å². The number of ether oxygens (including phenoxy) is 2. The molecule has 0 bridgehead atoms. The van der Waals surface area contributed by atoms with Gasteiger partial charge in [0.2, 0.25) is 0 Å². The number of nitrogens with zero attached hydrogens (tertiary/aromatic N) is 1. The van der Waals surface area contributed by atoms with E-state index >= 15 is 0 Å². The fraction of sp³-hybridized carbons (Fsp3) is 0.786. The van der Waals surface area contributed by atoms with E-state index in [4.69, 9.17) is 9.47 Å². The van der Waals surface area contributed by atoms with E-state index in [1.54, 1.807) is 7.11 Å². The van der Waals surface area contributed by atoms with Gasteiger partial charge in [-0.3, -0.25) is 4.79 Å². The molecule has 4 heteroatoms. The minimum Gasteiger partial charge on any atom is -0.466 e. The number of allylic oxidation sites excluding steroid dienone is 1. The summed E-state index contributed by atoms with van der Waals surface area (Å²) in [6.07, 6.45) is 4.31. The second-order valence-electron chi connectivity index (χ2n) is 5.19. The molecule has 0 aromatic rings. The second-order valence-corrected chi connectivity index (χ2v) is 5.19. The highest BCUT2D eigenvalue weighted by Crippen LogP contribution is 2.43. The van der Waals surface area contributed by atoms with Crippen molar-refractivity contribution in [2.24, 2.45) is 11.8 Å². The van der Waals surface area contributed by atoms with Crippen LogP contribution in [0.3, 0.4) is 0 Å². The van der Waals surface area contributed by atoms with E-state index in [0.29, 0.717) is 6.61 Å². The molecule has 1 aliphatic heterocycles. The third-order valence-corrected chi connectivity index (χ3v) is 4.35. The monoisotopic (exact) mass is 253 g/mol. The van der Waals surface area contributed by atoms with Crippen LogP contribution >= 0.6 is 0 Å². The molecule has 2 rings (SSSR count). The summed E-state index contributed by atoms with van der Waals surface area (Å²) in [5.74, 6) is 0.129. The first kappa shape index (κ1) is 13.4. The van der Waals surface area contributed by atoms with Gasteiger partial charge in [-0.05, 0) is 26.7 Å². The van der Waals surface area contributed by atoms with Crippen molar-refractivity contribution in [2.45, 2.75) is 38.8 Å². The quantitative estimate of drug-likeness (QED) is 0.719. The number of carbonyl (C=O) groups excluding carboxylic acids is 1. The molecule has 0 aromatic heterocycles. The summed E-state index contributed by atoms with van der Waals surface area (Å²) in [5.41, 5.74) is 1.29. The molecule has 2 aliphatic rings. The molecule has 1 fully saturated rings. The van der Waals surface area contributed by atoms with Gasteiger partial charge in [0.25, 0.3) is 0 Å². The van der Waals surface area contributed by atoms with E-state index in [2.05, 4.69) is 24.9 Å². The zero-order valence-electron chi connectivity index (χ0n) is 11.7. The van der Waals surface area contributed by atoms with Crippen molar-refractivity contribution in [3.8, 4) is 0 Å². The Balaban J connectivity index is 2.22. The number of hydrogen-bond donors (Lipinski definition) is 0. The average Bonchev–Trinajstić information content (AvgIpc) is 2.62. The van der Waals surface area contributed by atoms with Gasteiger partial charge in [0.05, 0.1) is 18.6 Å². The summed E-state index contributed by atoms with van der Waals surface area (Å²) >= 11 is 0. The Hall–Kier alpha value is -1.03. The molecule has 1 saturated heterocycles. The second kappa shape index (κ2) is 5.31. The van der Waals surface area contributed by atoms with Crippen molar-refractivity contribution in [3.63, 3.8) is 0 Å². The molecule has 1 aliphatic carbocycles. The van der Waals surface area contributed by atoms with Gasteiger partial charge >= 0.3 is 5.97 Å². The predicted octanol–water partition coefficient (Wildman–Crippen LogP) is 1.81. The molecule has 0 N–H and O–H groups in total. The standard InChI is InChI=1S/C14H23NO3/c1-5-18-14(16)13-9(2)15(3)12-7-6-10(17-4)8-11(12)13/h7,9-11,13H,5-6,8H2,1-4H3. The van der Waals surface area contributed by atoms with Crippen molar-refractivity contribution >= 4 is 5.97 Å². The average molecular weight is 253 g/mol. The van der Waals surface area contributed by atoms with E-state index in [9.17, 15) is 4.79 Å². The molecule has 18 heavy (non-hydrogen) atoms. The summed E-state index contributed by atoms with van der Waals surface area (Å²) in [6.45, 7) is 4.41. The van der Waals surface area contributed by atoms with Crippen LogP contribution in [0.4, 0.5) is 0 Å². The van der Waals surface area contributed by atoms with Crippen LogP contribution in [0.25, 0.3) is 0 Å². The predicted molar refractivity (Wildman–Crippen MR) is 69.0 cm³/mol. The van der Waals surface area contributed by atoms with Crippen molar-refractivity contribution in [1.82, 2.24) is 4.90 Å².